The molecule has 27 heavy (non-hydrogen) atoms. The van der Waals surface area contributed by atoms with Crippen LogP contribution in [0.1, 0.15) is 33.1 Å². The summed E-state index contributed by atoms with van der Waals surface area (Å²) < 4.78 is 5.54. The van der Waals surface area contributed by atoms with Gasteiger partial charge in [0.05, 0.1) is 22.2 Å². The molecule has 0 aliphatic carbocycles. The lowest BCUT2D eigenvalue weighted by Crippen LogP contribution is -2.55. The molecule has 2 atom stereocenters. The van der Waals surface area contributed by atoms with Crippen molar-refractivity contribution in [3.63, 3.8) is 0 Å². The molecule has 2 aromatic rings. The first kappa shape index (κ1) is 19.9. The number of ether oxygens (including phenoxy) is 1. The highest BCUT2D eigenvalue weighted by molar-refractivity contribution is 7.13. The van der Waals surface area contributed by atoms with E-state index in [-0.39, 0.29) is 34.5 Å². The number of rotatable bonds is 5. The number of H-pyrrole nitrogens is 1. The van der Waals surface area contributed by atoms with Crippen molar-refractivity contribution >= 4 is 51.5 Å². The number of thiazole rings is 1. The molecule has 146 valence electrons. The summed E-state index contributed by atoms with van der Waals surface area (Å²) in [6.45, 7) is 2.82. The fraction of sp³-hybridized carbons (Fsp3) is 0.438. The van der Waals surface area contributed by atoms with Gasteiger partial charge in [-0.3, -0.25) is 4.79 Å². The molecule has 8 nitrogen and oxygen atoms in total. The predicted octanol–water partition coefficient (Wildman–Crippen LogP) is 2.81. The lowest BCUT2D eigenvalue weighted by Gasteiger charge is -2.37. The Kier molecular flexibility index (Phi) is 5.95. The minimum atomic E-state index is -1.06. The van der Waals surface area contributed by atoms with Gasteiger partial charge in [-0.2, -0.15) is 0 Å². The van der Waals surface area contributed by atoms with Crippen LogP contribution >= 0.6 is 34.5 Å². The first-order valence-corrected chi connectivity index (χ1v) is 9.76. The van der Waals surface area contributed by atoms with Crippen LogP contribution in [0, 0.1) is 6.92 Å². The SMILES string of the molecule is COC1CN(c2nc(C(=O)O)cs2)CCC1NC(=O)c1[nH]c(C)c(Cl)c1Cl. The number of anilines is 1. The number of aromatic nitrogens is 2. The average molecular weight is 433 g/mol. The minimum absolute atomic E-state index is 0.0213. The highest BCUT2D eigenvalue weighted by atomic mass is 35.5. The summed E-state index contributed by atoms with van der Waals surface area (Å²) >= 11 is 13.4. The van der Waals surface area contributed by atoms with Crippen LogP contribution in [0.5, 0.6) is 0 Å². The monoisotopic (exact) mass is 432 g/mol. The van der Waals surface area contributed by atoms with E-state index in [9.17, 15) is 9.59 Å². The van der Waals surface area contributed by atoms with Crippen LogP contribution in [0.25, 0.3) is 0 Å². The molecule has 0 saturated carbocycles. The number of nitrogens with zero attached hydrogens (tertiary/aromatic N) is 2. The largest absolute Gasteiger partial charge is 0.476 e. The van der Waals surface area contributed by atoms with Crippen LogP contribution in [0.3, 0.4) is 0 Å². The average Bonchev–Trinajstić information content (AvgIpc) is 3.23. The van der Waals surface area contributed by atoms with E-state index in [2.05, 4.69) is 15.3 Å². The van der Waals surface area contributed by atoms with Crippen LogP contribution < -0.4 is 10.2 Å². The summed E-state index contributed by atoms with van der Waals surface area (Å²) in [5.74, 6) is -1.40. The molecule has 1 fully saturated rings. The van der Waals surface area contributed by atoms with E-state index >= 15 is 0 Å². The highest BCUT2D eigenvalue weighted by Gasteiger charge is 2.33. The summed E-state index contributed by atoms with van der Waals surface area (Å²) in [6, 6.07) is -0.226. The predicted molar refractivity (Wildman–Crippen MR) is 104 cm³/mol. The van der Waals surface area contributed by atoms with E-state index in [0.29, 0.717) is 35.4 Å². The number of hydrogen-bond acceptors (Lipinski definition) is 6. The second-order valence-corrected chi connectivity index (χ2v) is 7.75. The fourth-order valence-corrected chi connectivity index (χ4v) is 4.22. The van der Waals surface area contributed by atoms with Gasteiger partial charge in [-0.1, -0.05) is 23.2 Å². The molecule has 1 aliphatic rings. The Morgan fingerprint density at radius 3 is 2.74 bits per heavy atom. The first-order chi connectivity index (χ1) is 12.8. The van der Waals surface area contributed by atoms with Crippen molar-refractivity contribution in [2.24, 2.45) is 0 Å². The first-order valence-electron chi connectivity index (χ1n) is 8.12. The van der Waals surface area contributed by atoms with Gasteiger partial charge < -0.3 is 25.0 Å². The molecule has 11 heteroatoms. The Balaban J connectivity index is 1.68. The standard InChI is InChI=1S/C16H18Cl2N4O4S/c1-7-11(17)12(18)13(19-7)14(23)20-8-3-4-22(5-10(8)26-2)16-21-9(6-27-16)15(24)25/h6,8,10,19H,3-5H2,1-2H3,(H,20,23)(H,24,25). The molecule has 1 amide bonds. The van der Waals surface area contributed by atoms with Gasteiger partial charge in [0.25, 0.3) is 5.91 Å². The molecule has 2 unspecified atom stereocenters. The van der Waals surface area contributed by atoms with Gasteiger partial charge in [-0.25, -0.2) is 9.78 Å². The van der Waals surface area contributed by atoms with E-state index in [1.807, 2.05) is 4.90 Å². The number of methoxy groups -OCH3 is 1. The van der Waals surface area contributed by atoms with Crippen LogP contribution in [0.4, 0.5) is 5.13 Å². The normalized spacial score (nSPS) is 19.9. The maximum atomic E-state index is 12.6. The van der Waals surface area contributed by atoms with Crippen molar-refractivity contribution in [2.75, 3.05) is 25.1 Å². The number of hydrogen-bond donors (Lipinski definition) is 3. The van der Waals surface area contributed by atoms with Crippen molar-refractivity contribution in [3.05, 3.63) is 32.5 Å². The van der Waals surface area contributed by atoms with Gasteiger partial charge >= 0.3 is 5.97 Å². The molecular formula is C16H18Cl2N4O4S. The van der Waals surface area contributed by atoms with E-state index in [4.69, 9.17) is 33.0 Å². The quantitative estimate of drug-likeness (QED) is 0.670. The molecule has 0 aromatic carbocycles. The number of aromatic amines is 1. The molecule has 1 aliphatic heterocycles. The Bertz CT molecular complexity index is 869. The number of piperidine rings is 1. The summed E-state index contributed by atoms with van der Waals surface area (Å²) in [5.41, 5.74) is 0.874. The summed E-state index contributed by atoms with van der Waals surface area (Å²) in [5, 5.41) is 14.6. The van der Waals surface area contributed by atoms with Crippen molar-refractivity contribution in [2.45, 2.75) is 25.5 Å². The summed E-state index contributed by atoms with van der Waals surface area (Å²) in [4.78, 5) is 32.5. The number of aromatic carboxylic acids is 1. The van der Waals surface area contributed by atoms with E-state index in [1.54, 1.807) is 14.0 Å². The number of carboxylic acids is 1. The number of amides is 1. The van der Waals surface area contributed by atoms with Gasteiger partial charge in [-0.15, -0.1) is 11.3 Å². The van der Waals surface area contributed by atoms with Crippen LogP contribution in [-0.4, -0.2) is 59.3 Å². The molecule has 2 aromatic heterocycles. The van der Waals surface area contributed by atoms with E-state index in [0.717, 1.165) is 0 Å². The number of halogens is 2. The maximum Gasteiger partial charge on any atom is 0.355 e. The van der Waals surface area contributed by atoms with Crippen LogP contribution in [0.2, 0.25) is 10.0 Å². The zero-order valence-electron chi connectivity index (χ0n) is 14.6. The maximum absolute atomic E-state index is 12.6. The molecule has 3 rings (SSSR count). The van der Waals surface area contributed by atoms with Gasteiger partial charge in [0.2, 0.25) is 0 Å². The van der Waals surface area contributed by atoms with Crippen molar-refractivity contribution < 1.29 is 19.4 Å². The van der Waals surface area contributed by atoms with Crippen molar-refractivity contribution in [3.8, 4) is 0 Å². The van der Waals surface area contributed by atoms with Crippen LogP contribution in [0.15, 0.2) is 5.38 Å². The summed E-state index contributed by atoms with van der Waals surface area (Å²) in [7, 11) is 1.57. The number of aryl methyl sites for hydroxylation is 1. The summed E-state index contributed by atoms with van der Waals surface area (Å²) in [6.07, 6.45) is 0.322. The van der Waals surface area contributed by atoms with Gasteiger partial charge in [0, 0.05) is 31.3 Å². The third kappa shape index (κ3) is 4.06. The molecule has 0 spiro atoms. The Morgan fingerprint density at radius 1 is 1.44 bits per heavy atom. The lowest BCUT2D eigenvalue weighted by atomic mass is 10.0. The topological polar surface area (TPSA) is 108 Å². The number of carboxylic acid groups (broad SMARTS) is 1. The highest BCUT2D eigenvalue weighted by Crippen LogP contribution is 2.30. The molecule has 0 bridgehead atoms. The Morgan fingerprint density at radius 2 is 2.19 bits per heavy atom. The number of nitrogens with one attached hydrogen (secondary N) is 2. The van der Waals surface area contributed by atoms with E-state index < -0.39 is 5.97 Å². The molecular weight excluding hydrogens is 415 g/mol. The van der Waals surface area contributed by atoms with Gasteiger partial charge in [0.1, 0.15) is 5.69 Å². The number of carbonyl (C=O) groups is 2. The molecule has 1 saturated heterocycles. The Labute approximate surface area is 169 Å². The second kappa shape index (κ2) is 8.05. The van der Waals surface area contributed by atoms with Gasteiger partial charge in [-0.05, 0) is 13.3 Å². The number of carbonyl (C=O) groups excluding carboxylic acids is 1. The molecule has 3 heterocycles. The van der Waals surface area contributed by atoms with E-state index in [1.165, 1.54) is 16.7 Å². The third-order valence-corrected chi connectivity index (χ3v) is 6.29. The minimum Gasteiger partial charge on any atom is -0.476 e. The zero-order valence-corrected chi connectivity index (χ0v) is 16.9. The smallest absolute Gasteiger partial charge is 0.355 e. The van der Waals surface area contributed by atoms with Crippen molar-refractivity contribution in [1.29, 1.82) is 0 Å². The molecule has 3 N–H and O–H groups in total. The second-order valence-electron chi connectivity index (χ2n) is 6.16. The van der Waals surface area contributed by atoms with Crippen LogP contribution in [-0.2, 0) is 4.74 Å². The Hall–Kier alpha value is -1.81. The fourth-order valence-electron chi connectivity index (χ4n) is 2.97. The lowest BCUT2D eigenvalue weighted by molar-refractivity contribution is 0.0539. The molecule has 0 radical (unpaired) electrons. The third-order valence-electron chi connectivity index (χ3n) is 4.44. The zero-order chi connectivity index (χ0) is 19.7. The van der Waals surface area contributed by atoms with Crippen molar-refractivity contribution in [1.82, 2.24) is 15.3 Å². The van der Waals surface area contributed by atoms with Gasteiger partial charge in [0.15, 0.2) is 10.8 Å².